The normalized spacial score (nSPS) is 18.6. The molecule has 1 fully saturated rings. The Morgan fingerprint density at radius 2 is 1.72 bits per heavy atom. The second-order valence-electron chi connectivity index (χ2n) is 8.27. The fraction of sp³-hybridized carbons (Fsp3) is 0.292. The van der Waals surface area contributed by atoms with Crippen LogP contribution in [0.5, 0.6) is 0 Å². The Morgan fingerprint density at radius 3 is 2.47 bits per heavy atom. The lowest BCUT2D eigenvalue weighted by Gasteiger charge is -2.28. The third-order valence-corrected chi connectivity index (χ3v) is 5.89. The summed E-state index contributed by atoms with van der Waals surface area (Å²) in [5, 5.41) is 16.4. The highest BCUT2D eigenvalue weighted by atomic mass is 19.1. The third-order valence-electron chi connectivity index (χ3n) is 5.89. The summed E-state index contributed by atoms with van der Waals surface area (Å²) in [5.74, 6) is 0.641. The van der Waals surface area contributed by atoms with E-state index < -0.39 is 0 Å². The van der Waals surface area contributed by atoms with Crippen LogP contribution in [0.1, 0.15) is 37.3 Å². The van der Waals surface area contributed by atoms with E-state index in [0.717, 1.165) is 18.5 Å². The molecule has 2 aromatic heterocycles. The molecule has 164 valence electrons. The predicted molar refractivity (Wildman–Crippen MR) is 123 cm³/mol. The maximum absolute atomic E-state index is 14.3. The molecular formula is C24H25FN6O. The number of halogens is 1. The van der Waals surface area contributed by atoms with Gasteiger partial charge in [-0.3, -0.25) is 4.57 Å². The lowest BCUT2D eigenvalue weighted by molar-refractivity contribution is 0.112. The van der Waals surface area contributed by atoms with Crippen LogP contribution >= 0.6 is 0 Å². The Balaban J connectivity index is 1.55. The van der Waals surface area contributed by atoms with E-state index in [-0.39, 0.29) is 18.0 Å². The van der Waals surface area contributed by atoms with Crippen LogP contribution in [0.25, 0.3) is 11.2 Å². The first kappa shape index (κ1) is 20.4. The Bertz CT molecular complexity index is 1230. The van der Waals surface area contributed by atoms with Crippen molar-refractivity contribution in [3.8, 4) is 0 Å². The lowest BCUT2D eigenvalue weighted by Crippen LogP contribution is -2.22. The molecule has 5 rings (SSSR count). The summed E-state index contributed by atoms with van der Waals surface area (Å²) in [7, 11) is 0. The van der Waals surface area contributed by atoms with Gasteiger partial charge in [0.15, 0.2) is 5.65 Å². The number of benzene rings is 2. The minimum atomic E-state index is -0.349. The van der Waals surface area contributed by atoms with Gasteiger partial charge >= 0.3 is 0 Å². The van der Waals surface area contributed by atoms with E-state index >= 15 is 0 Å². The van der Waals surface area contributed by atoms with Gasteiger partial charge in [-0.15, -0.1) is 0 Å². The minimum Gasteiger partial charge on any atom is -0.393 e. The molecule has 8 heteroatoms. The molecule has 0 unspecified atom stereocenters. The molecule has 2 aromatic carbocycles. The number of aryl methyl sites for hydroxylation is 1. The van der Waals surface area contributed by atoms with Crippen molar-refractivity contribution >= 4 is 34.4 Å². The summed E-state index contributed by atoms with van der Waals surface area (Å²) in [6, 6.07) is 14.6. The second-order valence-corrected chi connectivity index (χ2v) is 8.27. The largest absolute Gasteiger partial charge is 0.393 e. The lowest BCUT2D eigenvalue weighted by atomic mass is 9.93. The van der Waals surface area contributed by atoms with E-state index in [9.17, 15) is 9.50 Å². The highest BCUT2D eigenvalue weighted by molar-refractivity contribution is 5.77. The summed E-state index contributed by atoms with van der Waals surface area (Å²) < 4.78 is 16.3. The maximum Gasteiger partial charge on any atom is 0.229 e. The van der Waals surface area contributed by atoms with Gasteiger partial charge in [-0.05, 0) is 56.9 Å². The first-order chi connectivity index (χ1) is 15.6. The molecule has 1 aliphatic rings. The van der Waals surface area contributed by atoms with E-state index in [1.807, 2.05) is 35.8 Å². The third kappa shape index (κ3) is 4.13. The quantitative estimate of drug-likeness (QED) is 0.400. The molecule has 0 bridgehead atoms. The number of hydrogen-bond acceptors (Lipinski definition) is 6. The van der Waals surface area contributed by atoms with Crippen molar-refractivity contribution in [2.24, 2.45) is 0 Å². The van der Waals surface area contributed by atoms with Crippen molar-refractivity contribution in [2.75, 3.05) is 10.6 Å². The number of nitrogens with one attached hydrogen (secondary N) is 2. The molecule has 0 aliphatic heterocycles. The van der Waals surface area contributed by atoms with Crippen LogP contribution in [0.3, 0.4) is 0 Å². The summed E-state index contributed by atoms with van der Waals surface area (Å²) in [6.07, 6.45) is 4.41. The first-order valence-electron chi connectivity index (χ1n) is 10.8. The molecule has 0 atom stereocenters. The summed E-state index contributed by atoms with van der Waals surface area (Å²) in [6.45, 7) is 2.04. The molecule has 4 aromatic rings. The zero-order valence-corrected chi connectivity index (χ0v) is 17.8. The maximum atomic E-state index is 14.3. The van der Waals surface area contributed by atoms with Crippen LogP contribution in [-0.4, -0.2) is 30.7 Å². The number of aliphatic hydroxyl groups excluding tert-OH is 1. The van der Waals surface area contributed by atoms with E-state index in [0.29, 0.717) is 41.6 Å². The van der Waals surface area contributed by atoms with Gasteiger partial charge in [0.25, 0.3) is 0 Å². The molecule has 7 nitrogen and oxygen atoms in total. The number of nitrogens with zero attached hydrogens (tertiary/aromatic N) is 4. The van der Waals surface area contributed by atoms with E-state index in [1.165, 1.54) is 11.6 Å². The standard InChI is InChI=1S/C24H25FN6O/c1-15-6-8-16(9-7-15)27-23-26-14-21-22(30-23)31(17-10-12-18(32)13-11-17)24(29-21)28-20-5-3-2-4-19(20)25/h2-9,14,17-18,32H,10-13H2,1H3,(H,28,29)(H,26,27,30). The molecule has 0 saturated heterocycles. The summed E-state index contributed by atoms with van der Waals surface area (Å²) in [4.78, 5) is 13.8. The van der Waals surface area contributed by atoms with Crippen molar-refractivity contribution in [3.05, 3.63) is 66.1 Å². The second kappa shape index (κ2) is 8.55. The average Bonchev–Trinajstić information content (AvgIpc) is 3.15. The molecule has 0 amide bonds. The Hall–Kier alpha value is -3.52. The molecule has 0 radical (unpaired) electrons. The molecule has 3 N–H and O–H groups in total. The average molecular weight is 433 g/mol. The predicted octanol–water partition coefficient (Wildman–Crippen LogP) is 5.24. The van der Waals surface area contributed by atoms with E-state index in [4.69, 9.17) is 4.98 Å². The smallest absolute Gasteiger partial charge is 0.229 e. The van der Waals surface area contributed by atoms with Gasteiger partial charge in [-0.1, -0.05) is 29.8 Å². The minimum absolute atomic E-state index is 0.0970. The van der Waals surface area contributed by atoms with Crippen LogP contribution in [0.2, 0.25) is 0 Å². The number of para-hydroxylation sites is 1. The molecule has 32 heavy (non-hydrogen) atoms. The molecule has 1 saturated carbocycles. The van der Waals surface area contributed by atoms with Gasteiger partial charge in [-0.25, -0.2) is 14.4 Å². The summed E-state index contributed by atoms with van der Waals surface area (Å²) >= 11 is 0. The zero-order chi connectivity index (χ0) is 22.1. The van der Waals surface area contributed by atoms with Crippen LogP contribution in [-0.2, 0) is 0 Å². The summed E-state index contributed by atoms with van der Waals surface area (Å²) in [5.41, 5.74) is 3.73. The van der Waals surface area contributed by atoms with E-state index in [2.05, 4.69) is 20.6 Å². The number of imidazole rings is 1. The topological polar surface area (TPSA) is 87.9 Å². The number of fused-ring (bicyclic) bond motifs is 1. The van der Waals surface area contributed by atoms with Crippen LogP contribution in [0.4, 0.5) is 27.7 Å². The van der Waals surface area contributed by atoms with Crippen molar-refractivity contribution in [2.45, 2.75) is 44.8 Å². The monoisotopic (exact) mass is 432 g/mol. The number of rotatable bonds is 5. The zero-order valence-electron chi connectivity index (χ0n) is 17.8. The van der Waals surface area contributed by atoms with Crippen LogP contribution in [0, 0.1) is 12.7 Å². The molecular weight excluding hydrogens is 407 g/mol. The SMILES string of the molecule is Cc1ccc(Nc2ncc3nc(Nc4ccccc4F)n(C4CCC(O)CC4)c3n2)cc1. The highest BCUT2D eigenvalue weighted by Crippen LogP contribution is 2.35. The Labute approximate surface area is 185 Å². The van der Waals surface area contributed by atoms with Crippen molar-refractivity contribution in [1.82, 2.24) is 19.5 Å². The van der Waals surface area contributed by atoms with Gasteiger partial charge < -0.3 is 15.7 Å². The van der Waals surface area contributed by atoms with Gasteiger partial charge in [-0.2, -0.15) is 4.98 Å². The number of anilines is 4. The number of aliphatic hydroxyl groups is 1. The molecule has 1 aliphatic carbocycles. The van der Waals surface area contributed by atoms with Crippen molar-refractivity contribution < 1.29 is 9.50 Å². The molecule has 0 spiro atoms. The van der Waals surface area contributed by atoms with Crippen molar-refractivity contribution in [1.29, 1.82) is 0 Å². The van der Waals surface area contributed by atoms with Crippen molar-refractivity contribution in [3.63, 3.8) is 0 Å². The molecule has 2 heterocycles. The van der Waals surface area contributed by atoms with E-state index in [1.54, 1.807) is 24.4 Å². The van der Waals surface area contributed by atoms with Gasteiger partial charge in [0.2, 0.25) is 11.9 Å². The first-order valence-corrected chi connectivity index (χ1v) is 10.8. The van der Waals surface area contributed by atoms with Crippen LogP contribution in [0.15, 0.2) is 54.7 Å². The Morgan fingerprint density at radius 1 is 0.969 bits per heavy atom. The fourth-order valence-electron chi connectivity index (χ4n) is 4.15. The fourth-order valence-corrected chi connectivity index (χ4v) is 4.15. The van der Waals surface area contributed by atoms with Crippen LogP contribution < -0.4 is 10.6 Å². The highest BCUT2D eigenvalue weighted by Gasteiger charge is 2.26. The number of aromatic nitrogens is 4. The number of hydrogen-bond donors (Lipinski definition) is 3. The van der Waals surface area contributed by atoms with Gasteiger partial charge in [0, 0.05) is 11.7 Å². The van der Waals surface area contributed by atoms with Gasteiger partial charge in [0.1, 0.15) is 11.3 Å². The van der Waals surface area contributed by atoms with Gasteiger partial charge in [0.05, 0.1) is 18.0 Å². The Kier molecular flexibility index (Phi) is 5.45.